The topological polar surface area (TPSA) is 73.0 Å². The summed E-state index contributed by atoms with van der Waals surface area (Å²) in [5.74, 6) is -2.87. The van der Waals surface area contributed by atoms with Gasteiger partial charge in [-0.3, -0.25) is 14.3 Å². The molecule has 11 heteroatoms. The molecular weight excluding hydrogens is 415 g/mol. The molecule has 4 heterocycles. The molecule has 2 aliphatic heterocycles. The van der Waals surface area contributed by atoms with Crippen molar-refractivity contribution >= 4 is 29.1 Å². The number of halogens is 4. The zero-order chi connectivity index (χ0) is 20.1. The van der Waals surface area contributed by atoms with Crippen LogP contribution in [0.1, 0.15) is 36.8 Å². The number of nitrogens with zero attached hydrogens (tertiary/aromatic N) is 5. The van der Waals surface area contributed by atoms with E-state index in [0.717, 1.165) is 4.90 Å². The normalized spacial score (nSPS) is 21.0. The largest absolute Gasteiger partial charge is 0.347 e. The van der Waals surface area contributed by atoms with E-state index in [1.54, 1.807) is 0 Å². The molecular formula is C17H17Cl2F2N5O2. The first-order valence-corrected chi connectivity index (χ1v) is 9.65. The Kier molecular flexibility index (Phi) is 4.91. The number of fused-ring (bicyclic) bond motifs is 1. The zero-order valence-corrected chi connectivity index (χ0v) is 16.3. The van der Waals surface area contributed by atoms with Gasteiger partial charge < -0.3 is 4.90 Å². The van der Waals surface area contributed by atoms with Crippen LogP contribution in [0.4, 0.5) is 8.78 Å². The van der Waals surface area contributed by atoms with Gasteiger partial charge in [0.25, 0.3) is 5.92 Å². The number of amides is 1. The molecule has 28 heavy (non-hydrogen) atoms. The van der Waals surface area contributed by atoms with Gasteiger partial charge in [-0.05, 0) is 18.9 Å². The van der Waals surface area contributed by atoms with Gasteiger partial charge in [-0.1, -0.05) is 23.2 Å². The van der Waals surface area contributed by atoms with E-state index in [9.17, 15) is 18.4 Å². The Hall–Kier alpha value is -2.00. The molecule has 0 unspecified atom stereocenters. The molecule has 4 rings (SSSR count). The van der Waals surface area contributed by atoms with Crippen LogP contribution in [0, 0.1) is 0 Å². The van der Waals surface area contributed by atoms with Crippen molar-refractivity contribution in [3.8, 4) is 0 Å². The Labute approximate surface area is 168 Å². The van der Waals surface area contributed by atoms with Crippen LogP contribution in [-0.2, 0) is 17.8 Å². The lowest BCUT2D eigenvalue weighted by Crippen LogP contribution is -2.42. The summed E-state index contributed by atoms with van der Waals surface area (Å²) in [7, 11) is 0. The highest BCUT2D eigenvalue weighted by Crippen LogP contribution is 2.31. The Morgan fingerprint density at radius 2 is 2.14 bits per heavy atom. The maximum atomic E-state index is 13.5. The number of carbonyl (C=O) groups excluding carboxylic acids is 1. The Bertz CT molecular complexity index is 990. The lowest BCUT2D eigenvalue weighted by molar-refractivity contribution is -0.135. The predicted molar refractivity (Wildman–Crippen MR) is 98.0 cm³/mol. The van der Waals surface area contributed by atoms with E-state index < -0.39 is 30.1 Å². The summed E-state index contributed by atoms with van der Waals surface area (Å²) in [6, 6.07) is 0.708. The summed E-state index contributed by atoms with van der Waals surface area (Å²) in [5.41, 5.74) is -0.0579. The number of pyridine rings is 1. The molecule has 0 spiro atoms. The van der Waals surface area contributed by atoms with Crippen LogP contribution in [-0.4, -0.2) is 49.2 Å². The fraction of sp³-hybridized carbons (Fsp3) is 0.529. The predicted octanol–water partition coefficient (Wildman–Crippen LogP) is 2.54. The van der Waals surface area contributed by atoms with Crippen molar-refractivity contribution in [2.24, 2.45) is 0 Å². The van der Waals surface area contributed by atoms with Crippen LogP contribution < -0.4 is 5.69 Å². The highest BCUT2D eigenvalue weighted by molar-refractivity contribution is 6.34. The van der Waals surface area contributed by atoms with E-state index in [1.165, 1.54) is 21.5 Å². The number of rotatable bonds is 3. The minimum absolute atomic E-state index is 0.00907. The van der Waals surface area contributed by atoms with Crippen molar-refractivity contribution < 1.29 is 13.6 Å². The SMILES string of the molecule is O=C([C@@H]1CCCc2nn(Cc3ncc(Cl)cc3Cl)c(=O)n21)N1CCC(F)(F)C1. The molecule has 0 aliphatic carbocycles. The second kappa shape index (κ2) is 7.11. The van der Waals surface area contributed by atoms with Crippen LogP contribution in [0.5, 0.6) is 0 Å². The average Bonchev–Trinajstić information content (AvgIpc) is 3.16. The van der Waals surface area contributed by atoms with Crippen LogP contribution in [0.25, 0.3) is 0 Å². The molecule has 0 radical (unpaired) electrons. The lowest BCUT2D eigenvalue weighted by atomic mass is 10.0. The molecule has 0 aromatic carbocycles. The molecule has 2 aromatic heterocycles. The molecule has 1 atom stereocenters. The van der Waals surface area contributed by atoms with Crippen LogP contribution in [0.3, 0.4) is 0 Å². The van der Waals surface area contributed by atoms with Gasteiger partial charge in [-0.15, -0.1) is 0 Å². The second-order valence-electron chi connectivity index (χ2n) is 7.08. The summed E-state index contributed by atoms with van der Waals surface area (Å²) in [5, 5.41) is 4.99. The highest BCUT2D eigenvalue weighted by Gasteiger charge is 2.43. The van der Waals surface area contributed by atoms with Gasteiger partial charge in [0.15, 0.2) is 0 Å². The highest BCUT2D eigenvalue weighted by atomic mass is 35.5. The summed E-state index contributed by atoms with van der Waals surface area (Å²) in [6.45, 7) is -0.590. The smallest absolute Gasteiger partial charge is 0.335 e. The molecule has 2 aliphatic rings. The Balaban J connectivity index is 1.63. The summed E-state index contributed by atoms with van der Waals surface area (Å²) in [4.78, 5) is 31.0. The number of aryl methyl sites for hydroxylation is 1. The standard InChI is InChI=1S/C17H17Cl2F2N5O2/c18-10-6-11(19)12(22-7-10)8-25-16(28)26-13(2-1-3-14(26)23-25)15(27)24-5-4-17(20,21)9-24/h6-7,13H,1-5,8-9H2/t13-/m0/s1. The number of hydrogen-bond acceptors (Lipinski definition) is 4. The minimum atomic E-state index is -2.88. The molecule has 1 amide bonds. The summed E-state index contributed by atoms with van der Waals surface area (Å²) >= 11 is 12.0. The van der Waals surface area contributed by atoms with Crippen molar-refractivity contribution in [2.75, 3.05) is 13.1 Å². The third-order valence-electron chi connectivity index (χ3n) is 5.08. The zero-order valence-electron chi connectivity index (χ0n) is 14.7. The summed E-state index contributed by atoms with van der Waals surface area (Å²) in [6.07, 6.45) is 2.66. The van der Waals surface area contributed by atoms with E-state index in [4.69, 9.17) is 23.2 Å². The molecule has 2 aromatic rings. The first-order chi connectivity index (χ1) is 13.2. The van der Waals surface area contributed by atoms with E-state index in [1.807, 2.05) is 0 Å². The van der Waals surface area contributed by atoms with Crippen molar-refractivity contribution in [1.82, 2.24) is 24.2 Å². The molecule has 1 saturated heterocycles. The molecule has 0 bridgehead atoms. The first kappa shape index (κ1) is 19.3. The number of carbonyl (C=O) groups is 1. The van der Waals surface area contributed by atoms with Gasteiger partial charge in [0.05, 0.1) is 28.8 Å². The third kappa shape index (κ3) is 3.53. The number of aromatic nitrogens is 4. The number of alkyl halides is 2. The molecule has 150 valence electrons. The van der Waals surface area contributed by atoms with E-state index in [0.29, 0.717) is 40.8 Å². The lowest BCUT2D eigenvalue weighted by Gasteiger charge is -2.27. The Morgan fingerprint density at radius 3 is 2.82 bits per heavy atom. The van der Waals surface area contributed by atoms with Crippen molar-refractivity contribution in [2.45, 2.75) is 44.2 Å². The van der Waals surface area contributed by atoms with E-state index in [-0.39, 0.29) is 19.5 Å². The quantitative estimate of drug-likeness (QED) is 0.748. The van der Waals surface area contributed by atoms with Gasteiger partial charge in [0.1, 0.15) is 11.9 Å². The second-order valence-corrected chi connectivity index (χ2v) is 7.93. The Morgan fingerprint density at radius 1 is 1.36 bits per heavy atom. The molecule has 7 nitrogen and oxygen atoms in total. The van der Waals surface area contributed by atoms with Crippen LogP contribution in [0.15, 0.2) is 17.1 Å². The average molecular weight is 432 g/mol. The van der Waals surface area contributed by atoms with Gasteiger partial charge >= 0.3 is 5.69 Å². The maximum absolute atomic E-state index is 13.5. The van der Waals surface area contributed by atoms with Crippen molar-refractivity contribution in [1.29, 1.82) is 0 Å². The minimum Gasteiger partial charge on any atom is -0.335 e. The van der Waals surface area contributed by atoms with E-state index >= 15 is 0 Å². The number of likely N-dealkylation sites (tertiary alicyclic amines) is 1. The van der Waals surface area contributed by atoms with Crippen molar-refractivity contribution in [3.05, 3.63) is 44.3 Å². The fourth-order valence-corrected chi connectivity index (χ4v) is 4.14. The monoisotopic (exact) mass is 431 g/mol. The first-order valence-electron chi connectivity index (χ1n) is 8.90. The number of hydrogen-bond donors (Lipinski definition) is 0. The van der Waals surface area contributed by atoms with Crippen LogP contribution in [0.2, 0.25) is 10.0 Å². The van der Waals surface area contributed by atoms with Gasteiger partial charge in [0, 0.05) is 25.6 Å². The van der Waals surface area contributed by atoms with Gasteiger partial charge in [-0.25, -0.2) is 18.3 Å². The maximum Gasteiger partial charge on any atom is 0.347 e. The van der Waals surface area contributed by atoms with Crippen molar-refractivity contribution in [3.63, 3.8) is 0 Å². The van der Waals surface area contributed by atoms with Crippen LogP contribution >= 0.6 is 23.2 Å². The molecule has 0 N–H and O–H groups in total. The molecule has 1 fully saturated rings. The fourth-order valence-electron chi connectivity index (χ4n) is 3.70. The van der Waals surface area contributed by atoms with Gasteiger partial charge in [0.2, 0.25) is 5.91 Å². The van der Waals surface area contributed by atoms with Gasteiger partial charge in [-0.2, -0.15) is 5.10 Å². The third-order valence-corrected chi connectivity index (χ3v) is 5.61. The molecule has 0 saturated carbocycles. The summed E-state index contributed by atoms with van der Waals surface area (Å²) < 4.78 is 29.5. The van der Waals surface area contributed by atoms with E-state index in [2.05, 4.69) is 10.1 Å².